The van der Waals surface area contributed by atoms with Gasteiger partial charge in [0.2, 0.25) is 5.96 Å². The number of rotatable bonds is 7. The summed E-state index contributed by atoms with van der Waals surface area (Å²) in [5, 5.41) is 3.25. The van der Waals surface area contributed by atoms with Gasteiger partial charge in [-0.2, -0.15) is 8.42 Å². The standard InChI is InChI=1S/C30H27N3O5S/c1-33-28(34)30(32-29(33)31-25-12-5-4-6-13-25,23-15-17-26(18-16-23)38-39(3,35)36)24-11-7-9-21(19-24)22-10-8-14-27(20-22)37-2/h4-20H,1-3H3,(H,31,32). The number of anilines is 1. The summed E-state index contributed by atoms with van der Waals surface area (Å²) in [7, 11) is -0.416. The monoisotopic (exact) mass is 541 g/mol. The van der Waals surface area contributed by atoms with E-state index in [1.807, 2.05) is 78.9 Å². The molecule has 4 aromatic rings. The van der Waals surface area contributed by atoms with Gasteiger partial charge in [-0.15, -0.1) is 0 Å². The fourth-order valence-corrected chi connectivity index (χ4v) is 5.04. The third-order valence-corrected chi connectivity index (χ3v) is 6.93. The Morgan fingerprint density at radius 2 is 1.46 bits per heavy atom. The zero-order valence-electron chi connectivity index (χ0n) is 21.7. The molecule has 0 fully saturated rings. The van der Waals surface area contributed by atoms with Crippen molar-refractivity contribution in [3.8, 4) is 22.6 Å². The van der Waals surface area contributed by atoms with Crippen molar-refractivity contribution in [2.45, 2.75) is 5.54 Å². The highest BCUT2D eigenvalue weighted by atomic mass is 32.2. The Labute approximate surface area is 227 Å². The Morgan fingerprint density at radius 1 is 0.795 bits per heavy atom. The van der Waals surface area contributed by atoms with Gasteiger partial charge in [-0.05, 0) is 64.7 Å². The molecule has 198 valence electrons. The smallest absolute Gasteiger partial charge is 0.306 e. The molecule has 1 amide bonds. The zero-order valence-corrected chi connectivity index (χ0v) is 22.5. The SMILES string of the molecule is COc1cccc(-c2cccc(C3(c4ccc(OS(C)(=O)=O)cc4)N=C(Nc4ccccc4)N(C)C3=O)c2)c1. The number of carbonyl (C=O) groups is 1. The summed E-state index contributed by atoms with van der Waals surface area (Å²) in [6.45, 7) is 0. The molecule has 1 unspecified atom stereocenters. The molecule has 1 aliphatic heterocycles. The highest BCUT2D eigenvalue weighted by molar-refractivity contribution is 7.86. The average molecular weight is 542 g/mol. The molecule has 39 heavy (non-hydrogen) atoms. The molecule has 5 rings (SSSR count). The summed E-state index contributed by atoms with van der Waals surface area (Å²) in [6.07, 6.45) is 0.980. The number of benzene rings is 4. The van der Waals surface area contributed by atoms with Crippen molar-refractivity contribution in [3.05, 3.63) is 114 Å². The molecule has 1 N–H and O–H groups in total. The highest BCUT2D eigenvalue weighted by Gasteiger charge is 2.50. The molecule has 0 bridgehead atoms. The number of likely N-dealkylation sites (N-methyl/N-ethyl adjacent to an activating group) is 1. The molecule has 0 spiro atoms. The molecule has 0 saturated carbocycles. The molecule has 0 saturated heterocycles. The lowest BCUT2D eigenvalue weighted by Gasteiger charge is -2.26. The predicted octanol–water partition coefficient (Wildman–Crippen LogP) is 4.88. The normalized spacial score (nSPS) is 17.1. The lowest BCUT2D eigenvalue weighted by molar-refractivity contribution is -0.129. The number of hydrogen-bond donors (Lipinski definition) is 1. The quantitative estimate of drug-likeness (QED) is 0.335. The molecule has 1 aliphatic rings. The summed E-state index contributed by atoms with van der Waals surface area (Å²) in [4.78, 5) is 20.6. The molecule has 1 heterocycles. The summed E-state index contributed by atoms with van der Waals surface area (Å²) in [5.74, 6) is 0.986. The van der Waals surface area contributed by atoms with Crippen LogP contribution in [0.4, 0.5) is 5.69 Å². The minimum absolute atomic E-state index is 0.145. The second-order valence-corrected chi connectivity index (χ2v) is 10.7. The van der Waals surface area contributed by atoms with E-state index in [0.717, 1.165) is 28.8 Å². The maximum absolute atomic E-state index is 14.1. The van der Waals surface area contributed by atoms with Gasteiger partial charge in [0.05, 0.1) is 13.4 Å². The Hall–Kier alpha value is -4.63. The van der Waals surface area contributed by atoms with E-state index in [0.29, 0.717) is 17.1 Å². The first-order valence-corrected chi connectivity index (χ1v) is 14.0. The molecule has 4 aromatic carbocycles. The molecule has 1 atom stereocenters. The number of aliphatic imine (C=N–C) groups is 1. The second kappa shape index (κ2) is 10.3. The number of nitrogens with one attached hydrogen (secondary N) is 1. The summed E-state index contributed by atoms with van der Waals surface area (Å²) in [6, 6.07) is 31.2. The van der Waals surface area contributed by atoms with Crippen LogP contribution in [0.3, 0.4) is 0 Å². The van der Waals surface area contributed by atoms with Crippen LogP contribution in [0, 0.1) is 0 Å². The van der Waals surface area contributed by atoms with Crippen LogP contribution in [0.2, 0.25) is 0 Å². The van der Waals surface area contributed by atoms with Crippen LogP contribution in [0.5, 0.6) is 11.5 Å². The van der Waals surface area contributed by atoms with E-state index >= 15 is 0 Å². The number of guanidine groups is 1. The van der Waals surface area contributed by atoms with E-state index in [-0.39, 0.29) is 11.7 Å². The van der Waals surface area contributed by atoms with Gasteiger partial charge < -0.3 is 14.2 Å². The molecular formula is C30H27N3O5S. The molecule has 0 aromatic heterocycles. The Balaban J connectivity index is 1.66. The Kier molecular flexibility index (Phi) is 6.84. The van der Waals surface area contributed by atoms with Crippen LogP contribution < -0.4 is 14.2 Å². The van der Waals surface area contributed by atoms with E-state index in [2.05, 4.69) is 5.32 Å². The van der Waals surface area contributed by atoms with E-state index < -0.39 is 15.7 Å². The number of nitrogens with zero attached hydrogens (tertiary/aromatic N) is 2. The lowest BCUT2D eigenvalue weighted by atomic mass is 9.81. The van der Waals surface area contributed by atoms with E-state index in [1.165, 1.54) is 17.0 Å². The summed E-state index contributed by atoms with van der Waals surface area (Å²) in [5.41, 5.74) is 2.39. The number of carbonyl (C=O) groups excluding carboxylic acids is 1. The number of para-hydroxylation sites is 1. The van der Waals surface area contributed by atoms with Crippen LogP contribution >= 0.6 is 0 Å². The van der Waals surface area contributed by atoms with Crippen LogP contribution in [-0.2, 0) is 20.5 Å². The maximum atomic E-state index is 14.1. The minimum Gasteiger partial charge on any atom is -0.497 e. The first kappa shape index (κ1) is 26.0. The fraction of sp³-hybridized carbons (Fsp3) is 0.133. The van der Waals surface area contributed by atoms with Crippen molar-refractivity contribution in [1.82, 2.24) is 4.90 Å². The largest absolute Gasteiger partial charge is 0.497 e. The fourth-order valence-electron chi connectivity index (χ4n) is 4.58. The van der Waals surface area contributed by atoms with E-state index in [4.69, 9.17) is 13.9 Å². The third kappa shape index (κ3) is 5.21. The molecule has 9 heteroatoms. The molecular weight excluding hydrogens is 514 g/mol. The zero-order chi connectivity index (χ0) is 27.6. The van der Waals surface area contributed by atoms with Gasteiger partial charge in [-0.25, -0.2) is 4.99 Å². The van der Waals surface area contributed by atoms with Crippen molar-refractivity contribution < 1.29 is 22.1 Å². The number of ether oxygens (including phenoxy) is 1. The van der Waals surface area contributed by atoms with Crippen molar-refractivity contribution in [2.24, 2.45) is 4.99 Å². The third-order valence-electron chi connectivity index (χ3n) is 6.44. The van der Waals surface area contributed by atoms with Crippen LogP contribution in [0.25, 0.3) is 11.1 Å². The Bertz CT molecular complexity index is 1650. The van der Waals surface area contributed by atoms with Crippen molar-refractivity contribution in [3.63, 3.8) is 0 Å². The Morgan fingerprint density at radius 3 is 2.13 bits per heavy atom. The predicted molar refractivity (Wildman–Crippen MR) is 151 cm³/mol. The number of hydrogen-bond acceptors (Lipinski definition) is 7. The van der Waals surface area contributed by atoms with Gasteiger partial charge in [0.1, 0.15) is 11.5 Å². The summed E-state index contributed by atoms with van der Waals surface area (Å²) < 4.78 is 33.7. The van der Waals surface area contributed by atoms with Gasteiger partial charge in [0.15, 0.2) is 5.54 Å². The lowest BCUT2D eigenvalue weighted by Crippen LogP contribution is -2.40. The molecule has 0 radical (unpaired) electrons. The topological polar surface area (TPSA) is 97.3 Å². The molecule has 0 aliphatic carbocycles. The van der Waals surface area contributed by atoms with Gasteiger partial charge in [-0.1, -0.05) is 60.7 Å². The van der Waals surface area contributed by atoms with E-state index in [1.54, 1.807) is 26.3 Å². The first-order chi connectivity index (χ1) is 18.7. The molecule has 8 nitrogen and oxygen atoms in total. The number of methoxy groups -OCH3 is 1. The maximum Gasteiger partial charge on any atom is 0.306 e. The van der Waals surface area contributed by atoms with E-state index in [9.17, 15) is 13.2 Å². The minimum atomic E-state index is -3.70. The van der Waals surface area contributed by atoms with Crippen LogP contribution in [0.15, 0.2) is 108 Å². The van der Waals surface area contributed by atoms with Gasteiger partial charge in [0, 0.05) is 12.7 Å². The van der Waals surface area contributed by atoms with Gasteiger partial charge >= 0.3 is 10.1 Å². The first-order valence-electron chi connectivity index (χ1n) is 12.1. The van der Waals surface area contributed by atoms with Crippen molar-refractivity contribution in [2.75, 3.05) is 25.7 Å². The summed E-state index contributed by atoms with van der Waals surface area (Å²) >= 11 is 0. The van der Waals surface area contributed by atoms with Gasteiger partial charge in [0.25, 0.3) is 5.91 Å². The van der Waals surface area contributed by atoms with Crippen molar-refractivity contribution in [1.29, 1.82) is 0 Å². The van der Waals surface area contributed by atoms with Crippen LogP contribution in [0.1, 0.15) is 11.1 Å². The highest BCUT2D eigenvalue weighted by Crippen LogP contribution is 2.42. The second-order valence-electron chi connectivity index (χ2n) is 9.13. The number of amides is 1. The average Bonchev–Trinajstić information content (AvgIpc) is 3.19. The van der Waals surface area contributed by atoms with Crippen molar-refractivity contribution >= 4 is 27.7 Å². The van der Waals surface area contributed by atoms with Crippen LogP contribution in [-0.4, -0.2) is 45.6 Å². The van der Waals surface area contributed by atoms with Gasteiger partial charge in [-0.3, -0.25) is 9.69 Å².